The minimum atomic E-state index is -0.158. The van der Waals surface area contributed by atoms with E-state index in [1.807, 2.05) is 13.0 Å². The summed E-state index contributed by atoms with van der Waals surface area (Å²) in [5.74, 6) is -0.158. The van der Waals surface area contributed by atoms with Crippen molar-refractivity contribution in [2.75, 3.05) is 11.4 Å². The lowest BCUT2D eigenvalue weighted by Crippen LogP contribution is -2.39. The van der Waals surface area contributed by atoms with Crippen LogP contribution in [0.5, 0.6) is 0 Å². The van der Waals surface area contributed by atoms with Crippen molar-refractivity contribution < 1.29 is 4.39 Å². The minimum absolute atomic E-state index is 0.0197. The maximum Gasteiger partial charge on any atom is 0.146 e. The van der Waals surface area contributed by atoms with Crippen LogP contribution in [0.3, 0.4) is 0 Å². The van der Waals surface area contributed by atoms with Crippen LogP contribution in [-0.4, -0.2) is 12.1 Å². The number of para-hydroxylation sites is 1. The van der Waals surface area contributed by atoms with E-state index < -0.39 is 0 Å². The fraction of sp³-hybridized carbons (Fsp3) is 0.571. The Labute approximate surface area is 103 Å². The number of nitrogens with two attached hydrogens (primary N) is 1. The second-order valence-electron chi connectivity index (χ2n) is 5.53. The van der Waals surface area contributed by atoms with Crippen molar-refractivity contribution in [2.45, 2.75) is 45.2 Å². The van der Waals surface area contributed by atoms with Crippen LogP contribution in [0.2, 0.25) is 0 Å². The highest BCUT2D eigenvalue weighted by molar-refractivity contribution is 5.58. The smallest absolute Gasteiger partial charge is 0.146 e. The Bertz CT molecular complexity index is 413. The van der Waals surface area contributed by atoms with Crippen molar-refractivity contribution in [1.29, 1.82) is 0 Å². The fourth-order valence-corrected chi connectivity index (χ4v) is 2.71. The molecule has 17 heavy (non-hydrogen) atoms. The van der Waals surface area contributed by atoms with E-state index in [1.54, 1.807) is 6.07 Å². The molecular weight excluding hydrogens is 215 g/mol. The molecular formula is C14H21FN2. The Kier molecular flexibility index (Phi) is 3.13. The van der Waals surface area contributed by atoms with Crippen molar-refractivity contribution in [1.82, 2.24) is 0 Å². The number of halogens is 1. The van der Waals surface area contributed by atoms with E-state index in [9.17, 15) is 4.39 Å². The highest BCUT2D eigenvalue weighted by Crippen LogP contribution is 2.38. The summed E-state index contributed by atoms with van der Waals surface area (Å²) in [6.07, 6.45) is 2.21. The van der Waals surface area contributed by atoms with Gasteiger partial charge in [-0.1, -0.05) is 12.1 Å². The van der Waals surface area contributed by atoms with Crippen LogP contribution in [0.4, 0.5) is 10.1 Å². The van der Waals surface area contributed by atoms with Gasteiger partial charge in [0.1, 0.15) is 5.82 Å². The van der Waals surface area contributed by atoms with Crippen LogP contribution in [0.15, 0.2) is 18.2 Å². The summed E-state index contributed by atoms with van der Waals surface area (Å²) < 4.78 is 14.1. The largest absolute Gasteiger partial charge is 0.364 e. The van der Waals surface area contributed by atoms with Gasteiger partial charge in [0, 0.05) is 18.1 Å². The van der Waals surface area contributed by atoms with Gasteiger partial charge in [-0.15, -0.1) is 0 Å². The molecule has 2 N–H and O–H groups in total. The minimum Gasteiger partial charge on any atom is -0.364 e. The van der Waals surface area contributed by atoms with Gasteiger partial charge in [0.2, 0.25) is 0 Å². The Morgan fingerprint density at radius 3 is 2.65 bits per heavy atom. The standard InChI is InChI=1S/C14H21FN2/c1-10(16)11-6-4-7-12(15)13(11)17-9-5-8-14(17,2)3/h4,6-7,10H,5,8-9,16H2,1-3H3/t10-/m1/s1. The Morgan fingerprint density at radius 2 is 2.12 bits per heavy atom. The zero-order chi connectivity index (χ0) is 12.6. The third kappa shape index (κ3) is 2.16. The predicted octanol–water partition coefficient (Wildman–Crippen LogP) is 3.22. The molecule has 0 saturated carbocycles. The quantitative estimate of drug-likeness (QED) is 0.854. The van der Waals surface area contributed by atoms with Crippen LogP contribution in [0.25, 0.3) is 0 Å². The Morgan fingerprint density at radius 1 is 1.41 bits per heavy atom. The van der Waals surface area contributed by atoms with Crippen LogP contribution in [0.1, 0.15) is 45.2 Å². The normalized spacial score (nSPS) is 20.6. The molecule has 94 valence electrons. The van der Waals surface area contributed by atoms with Gasteiger partial charge in [-0.05, 0) is 45.2 Å². The highest BCUT2D eigenvalue weighted by atomic mass is 19.1. The zero-order valence-electron chi connectivity index (χ0n) is 10.8. The lowest BCUT2D eigenvalue weighted by Gasteiger charge is -2.36. The van der Waals surface area contributed by atoms with Crippen LogP contribution in [0, 0.1) is 5.82 Å². The molecule has 0 aliphatic carbocycles. The molecule has 0 bridgehead atoms. The van der Waals surface area contributed by atoms with E-state index in [0.717, 1.165) is 24.9 Å². The molecule has 1 aromatic carbocycles. The molecule has 0 unspecified atom stereocenters. The van der Waals surface area contributed by atoms with Gasteiger partial charge in [-0.25, -0.2) is 4.39 Å². The molecule has 1 saturated heterocycles. The van der Waals surface area contributed by atoms with Gasteiger partial charge in [0.15, 0.2) is 0 Å². The SMILES string of the molecule is C[C@@H](N)c1cccc(F)c1N1CCCC1(C)C. The first kappa shape index (κ1) is 12.4. The first-order valence-electron chi connectivity index (χ1n) is 6.25. The van der Waals surface area contributed by atoms with Gasteiger partial charge in [0.25, 0.3) is 0 Å². The topological polar surface area (TPSA) is 29.3 Å². The first-order chi connectivity index (χ1) is 7.93. The number of rotatable bonds is 2. The maximum absolute atomic E-state index is 14.1. The first-order valence-corrected chi connectivity index (χ1v) is 6.25. The Hall–Kier alpha value is -1.09. The molecule has 1 fully saturated rings. The van der Waals surface area contributed by atoms with Crippen LogP contribution < -0.4 is 10.6 Å². The van der Waals surface area contributed by atoms with E-state index in [1.165, 1.54) is 6.07 Å². The van der Waals surface area contributed by atoms with Gasteiger partial charge in [-0.3, -0.25) is 0 Å². The fourth-order valence-electron chi connectivity index (χ4n) is 2.71. The van der Waals surface area contributed by atoms with Crippen molar-refractivity contribution in [3.63, 3.8) is 0 Å². The predicted molar refractivity (Wildman–Crippen MR) is 69.7 cm³/mol. The van der Waals surface area contributed by atoms with E-state index in [0.29, 0.717) is 5.69 Å². The average Bonchev–Trinajstić information content (AvgIpc) is 2.57. The number of hydrogen-bond acceptors (Lipinski definition) is 2. The molecule has 0 amide bonds. The second kappa shape index (κ2) is 4.30. The number of nitrogens with zero attached hydrogens (tertiary/aromatic N) is 1. The average molecular weight is 236 g/mol. The van der Waals surface area contributed by atoms with Gasteiger partial charge >= 0.3 is 0 Å². The molecule has 1 aliphatic rings. The summed E-state index contributed by atoms with van der Waals surface area (Å²) in [5.41, 5.74) is 7.57. The summed E-state index contributed by atoms with van der Waals surface area (Å²) in [6.45, 7) is 7.14. The van der Waals surface area contributed by atoms with E-state index in [4.69, 9.17) is 5.73 Å². The number of benzene rings is 1. The Balaban J connectivity index is 2.50. The summed E-state index contributed by atoms with van der Waals surface area (Å²) in [4.78, 5) is 2.17. The molecule has 1 atom stereocenters. The second-order valence-corrected chi connectivity index (χ2v) is 5.53. The molecule has 0 radical (unpaired) electrons. The maximum atomic E-state index is 14.1. The van der Waals surface area contributed by atoms with Crippen LogP contribution >= 0.6 is 0 Å². The molecule has 1 heterocycles. The molecule has 2 nitrogen and oxygen atoms in total. The summed E-state index contributed by atoms with van der Waals surface area (Å²) in [5, 5.41) is 0. The van der Waals surface area contributed by atoms with E-state index >= 15 is 0 Å². The molecule has 2 rings (SSSR count). The lowest BCUT2D eigenvalue weighted by molar-refractivity contribution is 0.503. The molecule has 0 spiro atoms. The lowest BCUT2D eigenvalue weighted by atomic mass is 9.99. The molecule has 1 aromatic rings. The highest BCUT2D eigenvalue weighted by Gasteiger charge is 2.34. The number of anilines is 1. The summed E-state index contributed by atoms with van der Waals surface area (Å²) in [7, 11) is 0. The third-order valence-electron chi connectivity index (χ3n) is 3.68. The third-order valence-corrected chi connectivity index (χ3v) is 3.68. The van der Waals surface area contributed by atoms with Gasteiger partial charge < -0.3 is 10.6 Å². The van der Waals surface area contributed by atoms with Crippen molar-refractivity contribution in [2.24, 2.45) is 5.73 Å². The van der Waals surface area contributed by atoms with E-state index in [2.05, 4.69) is 18.7 Å². The summed E-state index contributed by atoms with van der Waals surface area (Å²) in [6, 6.07) is 5.05. The van der Waals surface area contributed by atoms with Crippen molar-refractivity contribution >= 4 is 5.69 Å². The number of hydrogen-bond donors (Lipinski definition) is 1. The van der Waals surface area contributed by atoms with Crippen molar-refractivity contribution in [3.05, 3.63) is 29.6 Å². The van der Waals surface area contributed by atoms with Crippen molar-refractivity contribution in [3.8, 4) is 0 Å². The van der Waals surface area contributed by atoms with Gasteiger partial charge in [-0.2, -0.15) is 0 Å². The monoisotopic (exact) mass is 236 g/mol. The van der Waals surface area contributed by atoms with Crippen LogP contribution in [-0.2, 0) is 0 Å². The summed E-state index contributed by atoms with van der Waals surface area (Å²) >= 11 is 0. The molecule has 1 aliphatic heterocycles. The van der Waals surface area contributed by atoms with Gasteiger partial charge in [0.05, 0.1) is 5.69 Å². The molecule has 0 aromatic heterocycles. The zero-order valence-corrected chi connectivity index (χ0v) is 10.8. The molecule has 3 heteroatoms. The van der Waals surface area contributed by atoms with E-state index in [-0.39, 0.29) is 17.4 Å².